The van der Waals surface area contributed by atoms with E-state index in [2.05, 4.69) is 9.80 Å². The largest absolute Gasteiger partial charge is 0.326 e. The molecule has 20 heavy (non-hydrogen) atoms. The molecule has 3 rings (SSSR count). The van der Waals surface area contributed by atoms with E-state index in [4.69, 9.17) is 5.73 Å². The summed E-state index contributed by atoms with van der Waals surface area (Å²) in [6.07, 6.45) is 3.97. The van der Waals surface area contributed by atoms with E-state index >= 15 is 0 Å². The molecule has 1 atom stereocenters. The molecule has 2 heterocycles. The van der Waals surface area contributed by atoms with Gasteiger partial charge in [-0.25, -0.2) is 4.39 Å². The molecule has 2 aliphatic heterocycles. The zero-order valence-electron chi connectivity index (χ0n) is 12.0. The third-order valence-corrected chi connectivity index (χ3v) is 4.69. The molecule has 1 aromatic carbocycles. The molecule has 0 bridgehead atoms. The second-order valence-corrected chi connectivity index (χ2v) is 6.02. The molecule has 1 aromatic rings. The molecular weight excluding hydrogens is 253 g/mol. The van der Waals surface area contributed by atoms with Crippen molar-refractivity contribution in [2.24, 2.45) is 5.73 Å². The fourth-order valence-corrected chi connectivity index (χ4v) is 3.52. The number of halogens is 1. The number of fused-ring (bicyclic) bond motifs is 1. The van der Waals surface area contributed by atoms with Gasteiger partial charge in [-0.15, -0.1) is 0 Å². The van der Waals surface area contributed by atoms with Gasteiger partial charge in [-0.05, 0) is 19.4 Å². The van der Waals surface area contributed by atoms with Crippen LogP contribution in [-0.2, 0) is 13.1 Å². The minimum absolute atomic E-state index is 0.110. The molecule has 1 unspecified atom stereocenters. The van der Waals surface area contributed by atoms with Gasteiger partial charge < -0.3 is 5.73 Å². The minimum Gasteiger partial charge on any atom is -0.326 e. The van der Waals surface area contributed by atoms with E-state index in [0.29, 0.717) is 18.2 Å². The lowest BCUT2D eigenvalue weighted by molar-refractivity contribution is 0.0452. The van der Waals surface area contributed by atoms with Crippen LogP contribution >= 0.6 is 0 Å². The normalized spacial score (nSPS) is 24.6. The number of nitrogens with zero attached hydrogens (tertiary/aromatic N) is 2. The first-order valence-electron chi connectivity index (χ1n) is 7.70. The van der Waals surface area contributed by atoms with Crippen molar-refractivity contribution >= 4 is 0 Å². The molecule has 110 valence electrons. The molecule has 2 N–H and O–H groups in total. The van der Waals surface area contributed by atoms with Crippen LogP contribution in [0.15, 0.2) is 18.2 Å². The number of piperidine rings is 1. The van der Waals surface area contributed by atoms with Gasteiger partial charge in [0.1, 0.15) is 5.82 Å². The summed E-state index contributed by atoms with van der Waals surface area (Å²) in [5.41, 5.74) is 6.99. The van der Waals surface area contributed by atoms with Crippen molar-refractivity contribution in [3.63, 3.8) is 0 Å². The monoisotopic (exact) mass is 277 g/mol. The average molecular weight is 277 g/mol. The van der Waals surface area contributed by atoms with Crippen molar-refractivity contribution in [1.29, 1.82) is 0 Å². The Kier molecular flexibility index (Phi) is 4.34. The van der Waals surface area contributed by atoms with Crippen LogP contribution in [0.5, 0.6) is 0 Å². The number of hydrogen-bond donors (Lipinski definition) is 1. The lowest BCUT2D eigenvalue weighted by Gasteiger charge is -2.44. The average Bonchev–Trinajstić information content (AvgIpc) is 2.49. The number of rotatable bonds is 3. The van der Waals surface area contributed by atoms with Crippen molar-refractivity contribution in [2.75, 3.05) is 26.2 Å². The van der Waals surface area contributed by atoms with Gasteiger partial charge in [-0.3, -0.25) is 9.80 Å². The van der Waals surface area contributed by atoms with Crippen molar-refractivity contribution in [1.82, 2.24) is 9.80 Å². The van der Waals surface area contributed by atoms with E-state index in [1.54, 1.807) is 6.07 Å². The summed E-state index contributed by atoms with van der Waals surface area (Å²) in [5, 5.41) is 0. The molecular formula is C16H24FN3. The van der Waals surface area contributed by atoms with E-state index in [-0.39, 0.29) is 12.4 Å². The standard InChI is InChI=1S/C16H24FN3/c17-16-13(10-18)4-3-5-14(16)11-19-8-9-20-7-2-1-6-15(20)12-19/h3-5,15H,1-2,6-12,18H2. The first kappa shape index (κ1) is 14.0. The molecule has 0 aromatic heterocycles. The summed E-state index contributed by atoms with van der Waals surface area (Å²) < 4.78 is 14.2. The van der Waals surface area contributed by atoms with Gasteiger partial charge in [-0.2, -0.15) is 0 Å². The van der Waals surface area contributed by atoms with Crippen LogP contribution in [0, 0.1) is 5.82 Å². The molecule has 0 aliphatic carbocycles. The van der Waals surface area contributed by atoms with Crippen molar-refractivity contribution in [2.45, 2.75) is 38.4 Å². The van der Waals surface area contributed by atoms with Gasteiger partial charge in [-0.1, -0.05) is 24.6 Å². The quantitative estimate of drug-likeness (QED) is 0.916. The molecule has 4 heteroatoms. The van der Waals surface area contributed by atoms with Gasteiger partial charge in [0.15, 0.2) is 0 Å². The molecule has 0 radical (unpaired) electrons. The Morgan fingerprint density at radius 1 is 1.15 bits per heavy atom. The highest BCUT2D eigenvalue weighted by molar-refractivity contribution is 5.26. The predicted molar refractivity (Wildman–Crippen MR) is 78.8 cm³/mol. The smallest absolute Gasteiger partial charge is 0.132 e. The third-order valence-electron chi connectivity index (χ3n) is 4.69. The highest BCUT2D eigenvalue weighted by atomic mass is 19.1. The molecule has 2 saturated heterocycles. The minimum atomic E-state index is -0.110. The molecule has 0 amide bonds. The van der Waals surface area contributed by atoms with E-state index in [1.807, 2.05) is 12.1 Å². The summed E-state index contributed by atoms with van der Waals surface area (Å²) in [4.78, 5) is 5.00. The fraction of sp³-hybridized carbons (Fsp3) is 0.625. The van der Waals surface area contributed by atoms with Crippen molar-refractivity contribution in [3.05, 3.63) is 35.1 Å². The van der Waals surface area contributed by atoms with Gasteiger partial charge in [0, 0.05) is 49.9 Å². The van der Waals surface area contributed by atoms with E-state index in [0.717, 1.165) is 25.2 Å². The molecule has 3 nitrogen and oxygen atoms in total. The second kappa shape index (κ2) is 6.20. The Labute approximate surface area is 120 Å². The number of piperazine rings is 1. The Hall–Kier alpha value is -0.970. The van der Waals surface area contributed by atoms with Crippen LogP contribution in [0.2, 0.25) is 0 Å². The lowest BCUT2D eigenvalue weighted by Crippen LogP contribution is -2.54. The van der Waals surface area contributed by atoms with Gasteiger partial charge in [0.05, 0.1) is 0 Å². The molecule has 2 fully saturated rings. The van der Waals surface area contributed by atoms with Crippen LogP contribution in [0.4, 0.5) is 4.39 Å². The van der Waals surface area contributed by atoms with E-state index in [9.17, 15) is 4.39 Å². The predicted octanol–water partition coefficient (Wildman–Crippen LogP) is 1.95. The first-order valence-corrected chi connectivity index (χ1v) is 7.70. The van der Waals surface area contributed by atoms with Crippen LogP contribution in [0.25, 0.3) is 0 Å². The zero-order chi connectivity index (χ0) is 13.9. The Morgan fingerprint density at radius 3 is 2.85 bits per heavy atom. The maximum atomic E-state index is 14.2. The summed E-state index contributed by atoms with van der Waals surface area (Å²) in [6, 6.07) is 6.26. The lowest BCUT2D eigenvalue weighted by atomic mass is 9.99. The van der Waals surface area contributed by atoms with Crippen molar-refractivity contribution in [3.8, 4) is 0 Å². The van der Waals surface area contributed by atoms with Gasteiger partial charge >= 0.3 is 0 Å². The van der Waals surface area contributed by atoms with Crippen LogP contribution < -0.4 is 5.73 Å². The Morgan fingerprint density at radius 2 is 2.00 bits per heavy atom. The molecule has 0 spiro atoms. The highest BCUT2D eigenvalue weighted by Gasteiger charge is 2.29. The first-order chi connectivity index (χ1) is 9.78. The van der Waals surface area contributed by atoms with Crippen LogP contribution in [0.1, 0.15) is 30.4 Å². The van der Waals surface area contributed by atoms with Crippen molar-refractivity contribution < 1.29 is 4.39 Å². The maximum absolute atomic E-state index is 14.2. The summed E-state index contributed by atoms with van der Waals surface area (Å²) in [5.74, 6) is -0.110. The van der Waals surface area contributed by atoms with Crippen LogP contribution in [0.3, 0.4) is 0 Å². The van der Waals surface area contributed by atoms with Crippen LogP contribution in [-0.4, -0.2) is 42.0 Å². The third kappa shape index (κ3) is 2.87. The maximum Gasteiger partial charge on any atom is 0.132 e. The fourth-order valence-electron chi connectivity index (χ4n) is 3.52. The zero-order valence-corrected chi connectivity index (χ0v) is 12.0. The van der Waals surface area contributed by atoms with E-state index in [1.165, 1.54) is 25.8 Å². The topological polar surface area (TPSA) is 32.5 Å². The SMILES string of the molecule is NCc1cccc(CN2CCN3CCCCC3C2)c1F. The summed E-state index contributed by atoms with van der Waals surface area (Å²) in [7, 11) is 0. The Bertz CT molecular complexity index is 463. The number of benzene rings is 1. The summed E-state index contributed by atoms with van der Waals surface area (Å²) in [6.45, 7) is 5.48. The second-order valence-electron chi connectivity index (χ2n) is 6.02. The van der Waals surface area contributed by atoms with Gasteiger partial charge in [0.25, 0.3) is 0 Å². The van der Waals surface area contributed by atoms with Gasteiger partial charge in [0.2, 0.25) is 0 Å². The number of nitrogens with two attached hydrogens (primary N) is 1. The summed E-state index contributed by atoms with van der Waals surface area (Å²) >= 11 is 0. The Balaban J connectivity index is 1.66. The molecule has 2 aliphatic rings. The van der Waals surface area contributed by atoms with E-state index < -0.39 is 0 Å². The number of hydrogen-bond acceptors (Lipinski definition) is 3. The molecule has 0 saturated carbocycles. The highest BCUT2D eigenvalue weighted by Crippen LogP contribution is 2.23.